The van der Waals surface area contributed by atoms with Gasteiger partial charge in [0.25, 0.3) is 5.91 Å². The molecule has 9 heteroatoms. The maximum Gasteiger partial charge on any atom is 0.342 e. The van der Waals surface area contributed by atoms with Gasteiger partial charge in [-0.15, -0.1) is 11.3 Å². The summed E-state index contributed by atoms with van der Waals surface area (Å²) in [5.41, 5.74) is 1.69. The van der Waals surface area contributed by atoms with Gasteiger partial charge >= 0.3 is 11.8 Å². The summed E-state index contributed by atoms with van der Waals surface area (Å²) in [6, 6.07) is 4.83. The number of carbonyl (C=O) groups excluding carboxylic acids is 2. The molecule has 148 valence electrons. The fourth-order valence-corrected chi connectivity index (χ4v) is 4.51. The number of anilines is 1. The number of aryl methyl sites for hydroxylation is 1. The Labute approximate surface area is 170 Å². The summed E-state index contributed by atoms with van der Waals surface area (Å²) >= 11 is 1.40. The largest absolute Gasteiger partial charge is 0.711 e. The number of hydrogen-bond donors (Lipinski definition) is 1. The lowest BCUT2D eigenvalue weighted by atomic mass is 9.95. The molecule has 0 radical (unpaired) electrons. The van der Waals surface area contributed by atoms with E-state index in [1.54, 1.807) is 18.3 Å². The van der Waals surface area contributed by atoms with Crippen LogP contribution in [-0.2, 0) is 24.2 Å². The predicted octanol–water partition coefficient (Wildman–Crippen LogP) is 2.66. The van der Waals surface area contributed by atoms with Crippen LogP contribution >= 0.6 is 11.3 Å². The highest BCUT2D eigenvalue weighted by molar-refractivity contribution is 7.17. The quantitative estimate of drug-likeness (QED) is 0.394. The number of hydrogen-bond acceptors (Lipinski definition) is 7. The lowest BCUT2D eigenvalue weighted by molar-refractivity contribution is -0.620. The van der Waals surface area contributed by atoms with Gasteiger partial charge in [-0.1, -0.05) is 0 Å². The van der Waals surface area contributed by atoms with Gasteiger partial charge in [-0.2, -0.15) is 0 Å². The fourth-order valence-electron chi connectivity index (χ4n) is 3.23. The van der Waals surface area contributed by atoms with E-state index in [-0.39, 0.29) is 18.3 Å². The van der Waals surface area contributed by atoms with Gasteiger partial charge in [0.15, 0.2) is 6.61 Å². The lowest BCUT2D eigenvalue weighted by Crippen LogP contribution is -2.33. The minimum Gasteiger partial charge on any atom is -0.711 e. The predicted molar refractivity (Wildman–Crippen MR) is 105 cm³/mol. The number of fused-ring (bicyclic) bond motifs is 1. The van der Waals surface area contributed by atoms with E-state index in [9.17, 15) is 14.8 Å². The van der Waals surface area contributed by atoms with E-state index in [4.69, 9.17) is 4.74 Å². The van der Waals surface area contributed by atoms with Crippen molar-refractivity contribution in [1.82, 2.24) is 9.97 Å². The molecule has 1 amide bonds. The van der Waals surface area contributed by atoms with Crippen LogP contribution in [-0.4, -0.2) is 21.8 Å². The highest BCUT2D eigenvalue weighted by Gasteiger charge is 2.28. The fraction of sp³-hybridized carbons (Fsp3) is 0.250. The smallest absolute Gasteiger partial charge is 0.342 e. The first kappa shape index (κ1) is 19.0. The summed E-state index contributed by atoms with van der Waals surface area (Å²) in [5, 5.41) is 15.0. The van der Waals surface area contributed by atoms with E-state index < -0.39 is 5.97 Å². The summed E-state index contributed by atoms with van der Waals surface area (Å²) in [6.45, 7) is -0.246. The molecule has 3 aromatic rings. The molecule has 3 aromatic heterocycles. The van der Waals surface area contributed by atoms with Crippen molar-refractivity contribution in [3.05, 3.63) is 75.6 Å². The molecule has 0 spiro atoms. The first-order chi connectivity index (χ1) is 14.1. The zero-order chi connectivity index (χ0) is 20.2. The summed E-state index contributed by atoms with van der Waals surface area (Å²) in [4.78, 5) is 34.4. The van der Waals surface area contributed by atoms with Crippen molar-refractivity contribution < 1.29 is 19.1 Å². The van der Waals surface area contributed by atoms with Crippen LogP contribution in [0.4, 0.5) is 5.00 Å². The van der Waals surface area contributed by atoms with Gasteiger partial charge in [0, 0.05) is 23.3 Å². The molecular formula is C20H18N4O4S. The second kappa shape index (κ2) is 8.36. The maximum absolute atomic E-state index is 12.9. The molecule has 1 aliphatic carbocycles. The van der Waals surface area contributed by atoms with E-state index in [1.165, 1.54) is 36.0 Å². The molecule has 0 atom stereocenters. The Morgan fingerprint density at radius 2 is 2.10 bits per heavy atom. The Morgan fingerprint density at radius 1 is 1.24 bits per heavy atom. The number of nitrogens with one attached hydrogen (secondary N) is 1. The SMILES string of the molecule is O=C(Nc1sc2c(c1C(=O)OCc1nccc[n+]1[O-])CCCC2)c1cccnc1. The van der Waals surface area contributed by atoms with Crippen LogP contribution in [0.3, 0.4) is 0 Å². The second-order valence-corrected chi connectivity index (χ2v) is 7.65. The molecule has 1 aliphatic rings. The third-order valence-electron chi connectivity index (χ3n) is 4.64. The molecule has 8 nitrogen and oxygen atoms in total. The summed E-state index contributed by atoms with van der Waals surface area (Å²) in [6.07, 6.45) is 9.45. The summed E-state index contributed by atoms with van der Waals surface area (Å²) in [5.74, 6) is -0.824. The highest BCUT2D eigenvalue weighted by atomic mass is 32.1. The topological polar surface area (TPSA) is 108 Å². The number of ether oxygens (including phenoxy) is 1. The number of rotatable bonds is 5. The average Bonchev–Trinajstić information content (AvgIpc) is 3.11. The minimum atomic E-state index is -0.573. The molecule has 4 rings (SSSR count). The molecule has 3 heterocycles. The third kappa shape index (κ3) is 4.09. The van der Waals surface area contributed by atoms with Gasteiger partial charge in [0.05, 0.1) is 17.3 Å². The Hall–Kier alpha value is -3.33. The number of pyridine rings is 1. The van der Waals surface area contributed by atoms with Crippen molar-refractivity contribution in [2.75, 3.05) is 5.32 Å². The zero-order valence-electron chi connectivity index (χ0n) is 15.5. The molecule has 0 saturated heterocycles. The first-order valence-corrected chi connectivity index (χ1v) is 10.0. The van der Waals surface area contributed by atoms with Crippen LogP contribution in [0.2, 0.25) is 0 Å². The molecule has 0 aliphatic heterocycles. The van der Waals surface area contributed by atoms with E-state index in [0.717, 1.165) is 36.1 Å². The number of thiophene rings is 1. The maximum atomic E-state index is 12.9. The number of carbonyl (C=O) groups is 2. The van der Waals surface area contributed by atoms with E-state index in [1.807, 2.05) is 0 Å². The Bertz CT molecular complexity index is 1050. The molecule has 1 N–H and O–H groups in total. The molecule has 0 bridgehead atoms. The third-order valence-corrected chi connectivity index (χ3v) is 5.85. The lowest BCUT2D eigenvalue weighted by Gasteiger charge is -2.12. The van der Waals surface area contributed by atoms with Crippen molar-refractivity contribution in [2.24, 2.45) is 0 Å². The Kier molecular flexibility index (Phi) is 5.48. The van der Waals surface area contributed by atoms with Crippen LogP contribution in [0.1, 0.15) is 49.8 Å². The van der Waals surface area contributed by atoms with Crippen molar-refractivity contribution in [1.29, 1.82) is 0 Å². The van der Waals surface area contributed by atoms with Crippen LogP contribution in [0.15, 0.2) is 43.0 Å². The van der Waals surface area contributed by atoms with Crippen LogP contribution in [0.25, 0.3) is 0 Å². The Balaban J connectivity index is 1.59. The van der Waals surface area contributed by atoms with Crippen molar-refractivity contribution in [2.45, 2.75) is 32.3 Å². The Morgan fingerprint density at radius 3 is 2.90 bits per heavy atom. The van der Waals surface area contributed by atoms with Crippen molar-refractivity contribution in [3.8, 4) is 0 Å². The van der Waals surface area contributed by atoms with Crippen molar-refractivity contribution >= 4 is 28.2 Å². The minimum absolute atomic E-state index is 0.0888. The number of nitrogens with zero attached hydrogens (tertiary/aromatic N) is 3. The van der Waals surface area contributed by atoms with Crippen LogP contribution in [0, 0.1) is 5.21 Å². The van der Waals surface area contributed by atoms with Crippen LogP contribution < -0.4 is 10.0 Å². The highest BCUT2D eigenvalue weighted by Crippen LogP contribution is 2.38. The summed E-state index contributed by atoms with van der Waals surface area (Å²) < 4.78 is 5.93. The monoisotopic (exact) mass is 410 g/mol. The number of amides is 1. The molecule has 0 aromatic carbocycles. The second-order valence-electron chi connectivity index (χ2n) is 6.55. The van der Waals surface area contributed by atoms with Gasteiger partial charge < -0.3 is 15.3 Å². The number of aromatic nitrogens is 3. The summed E-state index contributed by atoms with van der Waals surface area (Å²) in [7, 11) is 0. The molecule has 0 fully saturated rings. The normalized spacial score (nSPS) is 12.8. The van der Waals surface area contributed by atoms with E-state index in [2.05, 4.69) is 15.3 Å². The van der Waals surface area contributed by atoms with E-state index in [0.29, 0.717) is 20.9 Å². The molecule has 0 unspecified atom stereocenters. The molecule has 29 heavy (non-hydrogen) atoms. The van der Waals surface area contributed by atoms with Gasteiger partial charge in [-0.25, -0.2) is 9.52 Å². The molecular weight excluding hydrogens is 392 g/mol. The van der Waals surface area contributed by atoms with Gasteiger partial charge in [-0.05, 0) is 48.4 Å². The van der Waals surface area contributed by atoms with Crippen molar-refractivity contribution in [3.63, 3.8) is 0 Å². The molecule has 0 saturated carbocycles. The standard InChI is InChI=1S/C20H18N4O4S/c25-18(13-5-3-8-21-11-13)23-19-17(14-6-1-2-7-15(14)29-19)20(26)28-12-16-22-9-4-10-24(16)27/h3-5,8-11H,1-2,6-7,12H2,(H,23,25). The van der Waals surface area contributed by atoms with Gasteiger partial charge in [0.1, 0.15) is 11.2 Å². The average molecular weight is 410 g/mol. The van der Waals surface area contributed by atoms with Gasteiger partial charge in [0.2, 0.25) is 0 Å². The first-order valence-electron chi connectivity index (χ1n) is 9.19. The number of esters is 1. The van der Waals surface area contributed by atoms with E-state index >= 15 is 0 Å². The van der Waals surface area contributed by atoms with Gasteiger partial charge in [-0.3, -0.25) is 9.78 Å². The van der Waals surface area contributed by atoms with Crippen LogP contribution in [0.5, 0.6) is 0 Å². The zero-order valence-corrected chi connectivity index (χ0v) is 16.3.